The van der Waals surface area contributed by atoms with E-state index >= 15 is 0 Å². The maximum absolute atomic E-state index is 11.5. The molecule has 0 saturated carbocycles. The van der Waals surface area contributed by atoms with Gasteiger partial charge in [0.2, 0.25) is 0 Å². The fourth-order valence-corrected chi connectivity index (χ4v) is 1.16. The van der Waals surface area contributed by atoms with Crippen molar-refractivity contribution in [2.45, 2.75) is 6.92 Å². The molecule has 0 fully saturated rings. The Balaban J connectivity index is 2.09. The molecule has 0 spiro atoms. The molecule has 1 amide bonds. The summed E-state index contributed by atoms with van der Waals surface area (Å²) in [5.41, 5.74) is 2.17. The van der Waals surface area contributed by atoms with Crippen LogP contribution < -0.4 is 5.32 Å². The summed E-state index contributed by atoms with van der Waals surface area (Å²) in [6.07, 6.45) is 1.37. The molecule has 76 valence electrons. The van der Waals surface area contributed by atoms with Gasteiger partial charge in [-0.15, -0.1) is 0 Å². The molecule has 1 aromatic heterocycles. The molecule has 0 bridgehead atoms. The van der Waals surface area contributed by atoms with Gasteiger partial charge >= 0.3 is 0 Å². The molecule has 2 rings (SSSR count). The van der Waals surface area contributed by atoms with Gasteiger partial charge in [-0.3, -0.25) is 4.79 Å². The highest BCUT2D eigenvalue weighted by Crippen LogP contribution is 2.09. The molecular formula is C11H10N2O2. The number of aryl methyl sites for hydroxylation is 1. The van der Waals surface area contributed by atoms with Crippen LogP contribution in [0.25, 0.3) is 0 Å². The summed E-state index contributed by atoms with van der Waals surface area (Å²) in [6, 6.07) is 9.06. The molecule has 0 atom stereocenters. The van der Waals surface area contributed by atoms with E-state index in [2.05, 4.69) is 15.0 Å². The second-order valence-electron chi connectivity index (χ2n) is 3.20. The third-order valence-corrected chi connectivity index (χ3v) is 1.98. The summed E-state index contributed by atoms with van der Waals surface area (Å²) in [5, 5.41) is 6.25. The van der Waals surface area contributed by atoms with Crippen molar-refractivity contribution in [1.82, 2.24) is 5.16 Å². The zero-order chi connectivity index (χ0) is 10.7. The van der Waals surface area contributed by atoms with Crippen molar-refractivity contribution in [2.24, 2.45) is 0 Å². The van der Waals surface area contributed by atoms with Crippen LogP contribution in [0.15, 0.2) is 41.1 Å². The topological polar surface area (TPSA) is 55.1 Å². The van der Waals surface area contributed by atoms with Crippen molar-refractivity contribution in [3.8, 4) is 0 Å². The fourth-order valence-electron chi connectivity index (χ4n) is 1.16. The molecule has 1 heterocycles. The number of rotatable bonds is 2. The average molecular weight is 202 g/mol. The van der Waals surface area contributed by atoms with Gasteiger partial charge in [-0.2, -0.15) is 0 Å². The van der Waals surface area contributed by atoms with E-state index in [1.54, 1.807) is 0 Å². The lowest BCUT2D eigenvalue weighted by Gasteiger charge is -2.02. The van der Waals surface area contributed by atoms with E-state index in [1.807, 2.05) is 31.2 Å². The highest BCUT2D eigenvalue weighted by Gasteiger charge is 2.08. The van der Waals surface area contributed by atoms with Crippen molar-refractivity contribution in [1.29, 1.82) is 0 Å². The first-order valence-electron chi connectivity index (χ1n) is 4.54. The lowest BCUT2D eigenvalue weighted by atomic mass is 10.2. The summed E-state index contributed by atoms with van der Waals surface area (Å²) < 4.78 is 4.58. The van der Waals surface area contributed by atoms with Crippen molar-refractivity contribution in [2.75, 3.05) is 5.32 Å². The number of carbonyl (C=O) groups is 1. The van der Waals surface area contributed by atoms with Crippen molar-refractivity contribution in [3.63, 3.8) is 0 Å². The van der Waals surface area contributed by atoms with Crippen molar-refractivity contribution < 1.29 is 9.32 Å². The fraction of sp³-hybridized carbons (Fsp3) is 0.0909. The van der Waals surface area contributed by atoms with Crippen LogP contribution in [0.2, 0.25) is 0 Å². The smallest absolute Gasteiger partial charge is 0.277 e. The largest absolute Gasteiger partial charge is 0.364 e. The first-order valence-corrected chi connectivity index (χ1v) is 4.54. The molecule has 0 aliphatic carbocycles. The number of hydrogen-bond donors (Lipinski definition) is 1. The normalized spacial score (nSPS) is 9.93. The standard InChI is InChI=1S/C11H10N2O2/c1-8-2-4-9(5-3-8)12-11(14)10-6-7-15-13-10/h2-7H,1H3,(H,12,14). The van der Waals surface area contributed by atoms with E-state index in [0.29, 0.717) is 0 Å². The van der Waals surface area contributed by atoms with Gasteiger partial charge in [0.1, 0.15) is 6.26 Å². The number of carbonyl (C=O) groups excluding carboxylic acids is 1. The van der Waals surface area contributed by atoms with Gasteiger partial charge in [-0.05, 0) is 19.1 Å². The molecule has 0 radical (unpaired) electrons. The summed E-state index contributed by atoms with van der Waals surface area (Å²) in [5.74, 6) is -0.271. The van der Waals surface area contributed by atoms with E-state index in [1.165, 1.54) is 12.3 Å². The molecule has 0 saturated heterocycles. The van der Waals surface area contributed by atoms with Gasteiger partial charge in [0, 0.05) is 11.8 Å². The van der Waals surface area contributed by atoms with Crippen LogP contribution in [-0.2, 0) is 0 Å². The Hall–Kier alpha value is -2.10. The highest BCUT2D eigenvalue weighted by molar-refractivity contribution is 6.02. The molecule has 4 nitrogen and oxygen atoms in total. The highest BCUT2D eigenvalue weighted by atomic mass is 16.5. The van der Waals surface area contributed by atoms with Gasteiger partial charge in [0.05, 0.1) is 0 Å². The summed E-state index contributed by atoms with van der Waals surface area (Å²) in [6.45, 7) is 1.99. The second kappa shape index (κ2) is 3.96. The minimum absolute atomic E-state index is 0.271. The number of benzene rings is 1. The van der Waals surface area contributed by atoms with Gasteiger partial charge in [0.15, 0.2) is 5.69 Å². The molecule has 4 heteroatoms. The van der Waals surface area contributed by atoms with E-state index < -0.39 is 0 Å². The van der Waals surface area contributed by atoms with Crippen LogP contribution in [0.4, 0.5) is 5.69 Å². The molecule has 1 N–H and O–H groups in total. The van der Waals surface area contributed by atoms with Crippen LogP contribution in [-0.4, -0.2) is 11.1 Å². The zero-order valence-corrected chi connectivity index (χ0v) is 8.23. The predicted molar refractivity (Wildman–Crippen MR) is 55.6 cm³/mol. The zero-order valence-electron chi connectivity index (χ0n) is 8.23. The Morgan fingerprint density at radius 2 is 2.00 bits per heavy atom. The Kier molecular flexibility index (Phi) is 2.49. The molecule has 2 aromatic rings. The van der Waals surface area contributed by atoms with Crippen molar-refractivity contribution in [3.05, 3.63) is 47.9 Å². The van der Waals surface area contributed by atoms with Crippen LogP contribution in [0.1, 0.15) is 16.1 Å². The van der Waals surface area contributed by atoms with Crippen LogP contribution >= 0.6 is 0 Å². The molecule has 1 aromatic carbocycles. The Morgan fingerprint density at radius 3 is 2.60 bits per heavy atom. The van der Waals surface area contributed by atoms with E-state index in [9.17, 15) is 4.79 Å². The molecule has 0 unspecified atom stereocenters. The van der Waals surface area contributed by atoms with Gasteiger partial charge < -0.3 is 9.84 Å². The van der Waals surface area contributed by atoms with Crippen LogP contribution in [0.5, 0.6) is 0 Å². The number of hydrogen-bond acceptors (Lipinski definition) is 3. The number of anilines is 1. The number of nitrogens with zero attached hydrogens (tertiary/aromatic N) is 1. The Labute approximate surface area is 86.9 Å². The predicted octanol–water partition coefficient (Wildman–Crippen LogP) is 2.24. The van der Waals surface area contributed by atoms with Gasteiger partial charge in [-0.1, -0.05) is 22.9 Å². The summed E-state index contributed by atoms with van der Waals surface area (Å²) in [4.78, 5) is 11.5. The van der Waals surface area contributed by atoms with Gasteiger partial charge in [0.25, 0.3) is 5.91 Å². The minimum Gasteiger partial charge on any atom is -0.364 e. The molecular weight excluding hydrogens is 192 g/mol. The second-order valence-corrected chi connectivity index (χ2v) is 3.20. The summed E-state index contributed by atoms with van der Waals surface area (Å²) >= 11 is 0. The molecule has 15 heavy (non-hydrogen) atoms. The van der Waals surface area contributed by atoms with E-state index in [-0.39, 0.29) is 11.6 Å². The van der Waals surface area contributed by atoms with Crippen LogP contribution in [0.3, 0.4) is 0 Å². The maximum atomic E-state index is 11.5. The lowest BCUT2D eigenvalue weighted by Crippen LogP contribution is -2.11. The maximum Gasteiger partial charge on any atom is 0.277 e. The third-order valence-electron chi connectivity index (χ3n) is 1.98. The molecule has 0 aliphatic heterocycles. The third kappa shape index (κ3) is 2.22. The van der Waals surface area contributed by atoms with E-state index in [0.717, 1.165) is 11.3 Å². The lowest BCUT2D eigenvalue weighted by molar-refractivity contribution is 0.101. The molecule has 0 aliphatic rings. The number of amides is 1. The first-order chi connectivity index (χ1) is 7.25. The van der Waals surface area contributed by atoms with Gasteiger partial charge in [-0.25, -0.2) is 0 Å². The first kappa shape index (κ1) is 9.45. The van der Waals surface area contributed by atoms with Crippen molar-refractivity contribution >= 4 is 11.6 Å². The Bertz CT molecular complexity index is 446. The average Bonchev–Trinajstić information content (AvgIpc) is 2.74. The monoisotopic (exact) mass is 202 g/mol. The number of nitrogens with one attached hydrogen (secondary N) is 1. The Morgan fingerprint density at radius 1 is 1.27 bits per heavy atom. The quantitative estimate of drug-likeness (QED) is 0.812. The summed E-state index contributed by atoms with van der Waals surface area (Å²) in [7, 11) is 0. The number of aromatic nitrogens is 1. The van der Waals surface area contributed by atoms with E-state index in [4.69, 9.17) is 0 Å². The minimum atomic E-state index is -0.271. The SMILES string of the molecule is Cc1ccc(NC(=O)c2ccon2)cc1. The van der Waals surface area contributed by atoms with Crippen LogP contribution in [0, 0.1) is 6.92 Å².